The third-order valence-electron chi connectivity index (χ3n) is 7.72. The number of fused-ring (bicyclic) bond motifs is 5. The molecule has 112 valence electrons. The van der Waals surface area contributed by atoms with Crippen LogP contribution in [-0.4, -0.2) is 17.0 Å². The summed E-state index contributed by atoms with van der Waals surface area (Å²) in [5.41, 5.74) is 0.207. The highest BCUT2D eigenvalue weighted by Gasteiger charge is 2.56. The first-order valence-electron chi connectivity index (χ1n) is 8.79. The highest BCUT2D eigenvalue weighted by molar-refractivity contribution is 5.79. The maximum absolute atomic E-state index is 11.7. The maximum Gasteiger partial charge on any atom is 0.133 e. The molecule has 7 atom stereocenters. The lowest BCUT2D eigenvalue weighted by Crippen LogP contribution is -2.49. The zero-order valence-corrected chi connectivity index (χ0v) is 12.7. The van der Waals surface area contributed by atoms with Crippen LogP contribution < -0.4 is 0 Å². The summed E-state index contributed by atoms with van der Waals surface area (Å²) in [5.74, 6) is 4.52. The van der Waals surface area contributed by atoms with Crippen molar-refractivity contribution >= 4 is 5.78 Å². The van der Waals surface area contributed by atoms with Crippen LogP contribution in [0.4, 0.5) is 0 Å². The van der Waals surface area contributed by atoms with Crippen molar-refractivity contribution < 1.29 is 9.90 Å². The summed E-state index contributed by atoms with van der Waals surface area (Å²) in [7, 11) is 0. The van der Waals surface area contributed by atoms with E-state index in [2.05, 4.69) is 6.92 Å². The molecule has 4 rings (SSSR count). The molecule has 0 radical (unpaired) electrons. The van der Waals surface area contributed by atoms with Crippen molar-refractivity contribution in [3.8, 4) is 0 Å². The average Bonchev–Trinajstić information content (AvgIpc) is 2.74. The van der Waals surface area contributed by atoms with Crippen LogP contribution in [0.15, 0.2) is 0 Å². The number of carbonyl (C=O) groups is 1. The summed E-state index contributed by atoms with van der Waals surface area (Å²) in [5, 5.41) is 10.4. The Morgan fingerprint density at radius 1 is 1.00 bits per heavy atom. The van der Waals surface area contributed by atoms with Gasteiger partial charge in [-0.15, -0.1) is 0 Å². The average molecular weight is 276 g/mol. The third-order valence-corrected chi connectivity index (χ3v) is 7.72. The summed E-state index contributed by atoms with van der Waals surface area (Å²) in [6.45, 7) is 2.35. The molecule has 4 fully saturated rings. The Labute approximate surface area is 122 Å². The van der Waals surface area contributed by atoms with Crippen molar-refractivity contribution in [2.45, 2.75) is 70.8 Å². The Kier molecular flexibility index (Phi) is 3.03. The van der Waals surface area contributed by atoms with Crippen LogP contribution in [-0.2, 0) is 4.79 Å². The molecule has 0 heterocycles. The molecular formula is C18H28O2. The minimum absolute atomic E-state index is 0.0564. The molecule has 0 aromatic carbocycles. The molecular weight excluding hydrogens is 248 g/mol. The lowest BCUT2D eigenvalue weighted by atomic mass is 9.50. The van der Waals surface area contributed by atoms with Gasteiger partial charge in [-0.2, -0.15) is 0 Å². The van der Waals surface area contributed by atoms with Crippen LogP contribution in [0.5, 0.6) is 0 Å². The van der Waals surface area contributed by atoms with E-state index in [9.17, 15) is 9.90 Å². The van der Waals surface area contributed by atoms with Gasteiger partial charge in [-0.25, -0.2) is 0 Å². The lowest BCUT2D eigenvalue weighted by Gasteiger charge is -2.55. The van der Waals surface area contributed by atoms with Crippen LogP contribution in [0.25, 0.3) is 0 Å². The van der Waals surface area contributed by atoms with E-state index in [0.717, 1.165) is 49.4 Å². The van der Waals surface area contributed by atoms with Crippen LogP contribution in [0.2, 0.25) is 0 Å². The summed E-state index contributed by atoms with van der Waals surface area (Å²) in [6, 6.07) is 0. The van der Waals surface area contributed by atoms with Crippen molar-refractivity contribution in [1.29, 1.82) is 0 Å². The Hall–Kier alpha value is -0.370. The Bertz CT molecular complexity index is 418. The molecule has 4 aliphatic rings. The lowest BCUT2D eigenvalue weighted by molar-refractivity contribution is -0.128. The molecule has 0 amide bonds. The van der Waals surface area contributed by atoms with Gasteiger partial charge < -0.3 is 5.11 Å². The Balaban J connectivity index is 1.58. The van der Waals surface area contributed by atoms with Gasteiger partial charge in [0.25, 0.3) is 0 Å². The van der Waals surface area contributed by atoms with Crippen molar-refractivity contribution in [2.24, 2.45) is 35.0 Å². The molecule has 2 nitrogen and oxygen atoms in total. The molecule has 0 aromatic heterocycles. The van der Waals surface area contributed by atoms with Gasteiger partial charge in [-0.1, -0.05) is 6.92 Å². The second kappa shape index (κ2) is 4.56. The van der Waals surface area contributed by atoms with E-state index in [-0.39, 0.29) is 11.5 Å². The molecule has 2 heteroatoms. The highest BCUT2D eigenvalue weighted by atomic mass is 16.3. The molecule has 20 heavy (non-hydrogen) atoms. The molecule has 0 spiro atoms. The monoisotopic (exact) mass is 276 g/mol. The number of hydrogen-bond donors (Lipinski definition) is 1. The molecule has 4 saturated carbocycles. The summed E-state index contributed by atoms with van der Waals surface area (Å²) >= 11 is 0. The molecule has 4 aliphatic carbocycles. The summed E-state index contributed by atoms with van der Waals surface area (Å²) < 4.78 is 0. The van der Waals surface area contributed by atoms with Crippen LogP contribution in [0, 0.1) is 35.0 Å². The first-order valence-corrected chi connectivity index (χ1v) is 8.79. The molecule has 1 N–H and O–H groups in total. The van der Waals surface area contributed by atoms with Gasteiger partial charge in [0.2, 0.25) is 0 Å². The fraction of sp³-hybridized carbons (Fsp3) is 0.944. The first-order chi connectivity index (χ1) is 9.59. The van der Waals surface area contributed by atoms with E-state index < -0.39 is 0 Å². The van der Waals surface area contributed by atoms with Crippen molar-refractivity contribution in [2.75, 3.05) is 0 Å². The largest absolute Gasteiger partial charge is 0.393 e. The van der Waals surface area contributed by atoms with E-state index >= 15 is 0 Å². The topological polar surface area (TPSA) is 37.3 Å². The van der Waals surface area contributed by atoms with Crippen LogP contribution >= 0.6 is 0 Å². The molecule has 0 saturated heterocycles. The van der Waals surface area contributed by atoms with Crippen molar-refractivity contribution in [1.82, 2.24) is 0 Å². The highest BCUT2D eigenvalue weighted by Crippen LogP contribution is 2.62. The smallest absolute Gasteiger partial charge is 0.133 e. The number of hydrogen-bond acceptors (Lipinski definition) is 2. The zero-order chi connectivity index (χ0) is 13.9. The number of aliphatic hydroxyl groups excluding tert-OH is 1. The number of carbonyl (C=O) groups excluding carboxylic acids is 1. The van der Waals surface area contributed by atoms with Gasteiger partial charge in [0, 0.05) is 12.8 Å². The second-order valence-corrected chi connectivity index (χ2v) is 8.35. The predicted molar refractivity (Wildman–Crippen MR) is 78.1 cm³/mol. The number of Topliss-reactive ketones (excluding diaryl/α,β-unsaturated/α-hetero) is 1. The number of ketones is 1. The maximum atomic E-state index is 11.7. The van der Waals surface area contributed by atoms with E-state index in [1.165, 1.54) is 32.1 Å². The Morgan fingerprint density at radius 2 is 1.85 bits per heavy atom. The minimum Gasteiger partial charge on any atom is -0.393 e. The SMILES string of the molecule is C[C@]12CC[C@H]3[C@@H](CC[C@H]4CC(=O)CC[C@@H]43)[C@@H]1CC[C@@H]2O. The van der Waals surface area contributed by atoms with E-state index in [1.807, 2.05) is 0 Å². The normalized spacial score (nSPS) is 55.0. The summed E-state index contributed by atoms with van der Waals surface area (Å²) in [6.07, 6.45) is 10.2. The quantitative estimate of drug-likeness (QED) is 0.734. The van der Waals surface area contributed by atoms with Gasteiger partial charge >= 0.3 is 0 Å². The van der Waals surface area contributed by atoms with Gasteiger partial charge in [0.1, 0.15) is 5.78 Å². The first kappa shape index (κ1) is 13.3. The van der Waals surface area contributed by atoms with Gasteiger partial charge in [-0.05, 0) is 80.0 Å². The molecule has 0 aliphatic heterocycles. The Morgan fingerprint density at radius 3 is 2.70 bits per heavy atom. The summed E-state index contributed by atoms with van der Waals surface area (Å²) in [4.78, 5) is 11.7. The molecule has 0 unspecified atom stereocenters. The third kappa shape index (κ3) is 1.76. The number of rotatable bonds is 0. The standard InChI is InChI=1S/C18H28O2/c1-18-9-8-14-13-5-3-12(19)10-11(13)2-4-15(14)16(18)6-7-17(18)20/h11,13-17,20H,2-10H2,1H3/t11-,13-,14+,15+,16-,17-,18-/m0/s1. The van der Waals surface area contributed by atoms with E-state index in [1.54, 1.807) is 0 Å². The zero-order valence-electron chi connectivity index (χ0n) is 12.7. The van der Waals surface area contributed by atoms with Gasteiger partial charge in [-0.3, -0.25) is 4.79 Å². The molecule has 0 aromatic rings. The van der Waals surface area contributed by atoms with Crippen molar-refractivity contribution in [3.05, 3.63) is 0 Å². The van der Waals surface area contributed by atoms with E-state index in [0.29, 0.717) is 11.7 Å². The minimum atomic E-state index is -0.0564. The molecule has 0 bridgehead atoms. The van der Waals surface area contributed by atoms with Crippen LogP contribution in [0.3, 0.4) is 0 Å². The second-order valence-electron chi connectivity index (χ2n) is 8.35. The fourth-order valence-electron chi connectivity index (χ4n) is 6.63. The fourth-order valence-corrected chi connectivity index (χ4v) is 6.63. The van der Waals surface area contributed by atoms with Gasteiger partial charge in [0.05, 0.1) is 6.10 Å². The van der Waals surface area contributed by atoms with E-state index in [4.69, 9.17) is 0 Å². The van der Waals surface area contributed by atoms with Gasteiger partial charge in [0.15, 0.2) is 0 Å². The van der Waals surface area contributed by atoms with Crippen molar-refractivity contribution in [3.63, 3.8) is 0 Å². The van der Waals surface area contributed by atoms with Crippen LogP contribution in [0.1, 0.15) is 64.7 Å². The number of aliphatic hydroxyl groups is 1. The predicted octanol–water partition coefficient (Wildman–Crippen LogP) is 3.57.